The Morgan fingerprint density at radius 3 is 2.37 bits per heavy atom. The summed E-state index contributed by atoms with van der Waals surface area (Å²) in [7, 11) is 0. The molecule has 0 unspecified atom stereocenters. The second kappa shape index (κ2) is 5.01. The number of pyridine rings is 1. The van der Waals surface area contributed by atoms with Gasteiger partial charge >= 0.3 is 0 Å². The molecule has 3 nitrogen and oxygen atoms in total. The molecule has 0 saturated heterocycles. The second-order valence-corrected chi connectivity index (χ2v) is 4.31. The molecule has 0 atom stereocenters. The topological polar surface area (TPSA) is 42.2 Å². The average Bonchev–Trinajstić information content (AvgIpc) is 2.32. The van der Waals surface area contributed by atoms with Crippen LogP contribution >= 0.6 is 11.6 Å². The van der Waals surface area contributed by atoms with Gasteiger partial charge in [-0.25, -0.2) is 8.78 Å². The quantitative estimate of drug-likeness (QED) is 0.921. The van der Waals surface area contributed by atoms with Crippen LogP contribution in [-0.2, 0) is 6.54 Å². The van der Waals surface area contributed by atoms with Crippen LogP contribution in [0.5, 0.6) is 5.75 Å². The zero-order chi connectivity index (χ0) is 14.2. The first kappa shape index (κ1) is 13.5. The molecule has 0 saturated carbocycles. The molecule has 1 N–H and O–H groups in total. The van der Waals surface area contributed by atoms with Gasteiger partial charge in [0.25, 0.3) is 5.56 Å². The smallest absolute Gasteiger partial charge is 0.269 e. The van der Waals surface area contributed by atoms with E-state index in [0.29, 0.717) is 0 Å². The van der Waals surface area contributed by atoms with Crippen LogP contribution in [-0.4, -0.2) is 9.67 Å². The Balaban J connectivity index is 2.80. The highest BCUT2D eigenvalue weighted by Gasteiger charge is 2.17. The summed E-state index contributed by atoms with van der Waals surface area (Å²) in [6.45, 7) is 1.88. The average molecular weight is 286 g/mol. The number of aromatic nitrogens is 1. The lowest BCUT2D eigenvalue weighted by molar-refractivity contribution is 0.461. The highest BCUT2D eigenvalue weighted by molar-refractivity contribution is 6.30. The maximum Gasteiger partial charge on any atom is 0.269 e. The third kappa shape index (κ3) is 2.33. The number of phenols is 1. The number of hydrogen-bond acceptors (Lipinski definition) is 2. The highest BCUT2D eigenvalue weighted by atomic mass is 35.5. The number of nitrogens with zero attached hydrogens (tertiary/aromatic N) is 1. The van der Waals surface area contributed by atoms with E-state index in [0.717, 1.165) is 12.1 Å². The molecule has 1 aromatic heterocycles. The normalized spacial score (nSPS) is 10.7. The lowest BCUT2D eigenvalue weighted by Crippen LogP contribution is -2.21. The van der Waals surface area contributed by atoms with Crippen molar-refractivity contribution in [2.75, 3.05) is 0 Å². The molecule has 0 aliphatic heterocycles. The maximum atomic E-state index is 13.8. The number of benzene rings is 1. The Hall–Kier alpha value is -1.88. The van der Waals surface area contributed by atoms with Gasteiger partial charge in [-0.3, -0.25) is 4.79 Å². The van der Waals surface area contributed by atoms with Crippen LogP contribution in [0.2, 0.25) is 5.02 Å². The van der Waals surface area contributed by atoms with E-state index in [1.807, 2.05) is 0 Å². The second-order valence-electron chi connectivity index (χ2n) is 3.90. The van der Waals surface area contributed by atoms with E-state index in [2.05, 4.69) is 0 Å². The molecule has 0 aliphatic carbocycles. The fourth-order valence-corrected chi connectivity index (χ4v) is 2.05. The van der Waals surface area contributed by atoms with Crippen molar-refractivity contribution in [1.29, 1.82) is 0 Å². The van der Waals surface area contributed by atoms with Crippen LogP contribution < -0.4 is 5.56 Å². The van der Waals surface area contributed by atoms with Crippen molar-refractivity contribution >= 4 is 11.6 Å². The van der Waals surface area contributed by atoms with Gasteiger partial charge < -0.3 is 9.67 Å². The SMILES string of the molecule is CCn1c(-c2c(F)cc(O)cc2F)ccc(Cl)c1=O. The number of hydrogen-bond donors (Lipinski definition) is 1. The summed E-state index contributed by atoms with van der Waals surface area (Å²) in [5.74, 6) is -2.40. The molecular weight excluding hydrogens is 276 g/mol. The van der Waals surface area contributed by atoms with Crippen molar-refractivity contribution in [3.8, 4) is 17.0 Å². The molecule has 0 fully saturated rings. The van der Waals surface area contributed by atoms with E-state index in [-0.39, 0.29) is 22.8 Å². The predicted octanol–water partition coefficient (Wildman–Crippen LogP) is 3.17. The van der Waals surface area contributed by atoms with Crippen LogP contribution in [0.15, 0.2) is 29.1 Å². The van der Waals surface area contributed by atoms with Crippen molar-refractivity contribution in [3.63, 3.8) is 0 Å². The van der Waals surface area contributed by atoms with Gasteiger partial charge in [0.15, 0.2) is 0 Å². The van der Waals surface area contributed by atoms with Crippen molar-refractivity contribution in [1.82, 2.24) is 4.57 Å². The summed E-state index contributed by atoms with van der Waals surface area (Å²) in [5.41, 5.74) is -0.811. The Kier molecular flexibility index (Phi) is 3.57. The monoisotopic (exact) mass is 285 g/mol. The van der Waals surface area contributed by atoms with Crippen LogP contribution in [0, 0.1) is 11.6 Å². The van der Waals surface area contributed by atoms with E-state index < -0.39 is 22.9 Å². The third-order valence-corrected chi connectivity index (χ3v) is 3.01. The van der Waals surface area contributed by atoms with E-state index in [1.54, 1.807) is 6.92 Å². The molecule has 0 aliphatic rings. The summed E-state index contributed by atoms with van der Waals surface area (Å²) in [6.07, 6.45) is 0. The first-order chi connectivity index (χ1) is 8.95. The number of halogens is 3. The Morgan fingerprint density at radius 2 is 1.84 bits per heavy atom. The first-order valence-corrected chi connectivity index (χ1v) is 5.91. The molecule has 0 bridgehead atoms. The van der Waals surface area contributed by atoms with Gasteiger partial charge in [-0.1, -0.05) is 11.6 Å². The van der Waals surface area contributed by atoms with Crippen LogP contribution in [0.4, 0.5) is 8.78 Å². The molecule has 1 aromatic carbocycles. The van der Waals surface area contributed by atoms with E-state index in [4.69, 9.17) is 16.7 Å². The van der Waals surface area contributed by atoms with E-state index in [9.17, 15) is 13.6 Å². The zero-order valence-electron chi connectivity index (χ0n) is 9.95. The molecule has 100 valence electrons. The molecule has 6 heteroatoms. The van der Waals surface area contributed by atoms with E-state index >= 15 is 0 Å². The molecule has 0 radical (unpaired) electrons. The Morgan fingerprint density at radius 1 is 1.26 bits per heavy atom. The number of phenolic OH excluding ortho intramolecular Hbond substituents is 1. The standard InChI is InChI=1S/C13H10ClF2NO2/c1-2-17-11(4-3-8(14)13(17)19)12-9(15)5-7(18)6-10(12)16/h3-6,18H,2H2,1H3. The molecule has 2 aromatic rings. The summed E-state index contributed by atoms with van der Waals surface area (Å²) >= 11 is 5.70. The fourth-order valence-electron chi connectivity index (χ4n) is 1.89. The van der Waals surface area contributed by atoms with Crippen molar-refractivity contribution in [2.24, 2.45) is 0 Å². The molecule has 0 amide bonds. The van der Waals surface area contributed by atoms with Crippen molar-refractivity contribution < 1.29 is 13.9 Å². The van der Waals surface area contributed by atoms with Crippen LogP contribution in [0.3, 0.4) is 0 Å². The van der Waals surface area contributed by atoms with Gasteiger partial charge in [-0.05, 0) is 19.1 Å². The fraction of sp³-hybridized carbons (Fsp3) is 0.154. The third-order valence-electron chi connectivity index (χ3n) is 2.73. The lowest BCUT2D eigenvalue weighted by Gasteiger charge is -2.13. The Labute approximate surface area is 112 Å². The number of rotatable bonds is 2. The molecule has 2 rings (SSSR count). The predicted molar refractivity (Wildman–Crippen MR) is 68.4 cm³/mol. The summed E-state index contributed by atoms with van der Waals surface area (Å²) in [4.78, 5) is 11.8. The van der Waals surface area contributed by atoms with Gasteiger partial charge in [-0.2, -0.15) is 0 Å². The summed E-state index contributed by atoms with van der Waals surface area (Å²) < 4.78 is 28.8. The van der Waals surface area contributed by atoms with Gasteiger partial charge in [0.1, 0.15) is 22.4 Å². The van der Waals surface area contributed by atoms with Gasteiger partial charge in [0.2, 0.25) is 0 Å². The number of aromatic hydroxyl groups is 1. The molecule has 0 spiro atoms. The van der Waals surface area contributed by atoms with Gasteiger partial charge in [0, 0.05) is 18.7 Å². The maximum absolute atomic E-state index is 13.8. The minimum atomic E-state index is -0.943. The van der Waals surface area contributed by atoms with Crippen molar-refractivity contribution in [2.45, 2.75) is 13.5 Å². The minimum absolute atomic E-state index is 0.0230. The minimum Gasteiger partial charge on any atom is -0.508 e. The Bertz CT molecular complexity index is 675. The van der Waals surface area contributed by atoms with Gasteiger partial charge in [0.05, 0.1) is 11.3 Å². The first-order valence-electron chi connectivity index (χ1n) is 5.53. The molecular formula is C13H10ClF2NO2. The lowest BCUT2D eigenvalue weighted by atomic mass is 10.1. The highest BCUT2D eigenvalue weighted by Crippen LogP contribution is 2.29. The summed E-state index contributed by atoms with van der Waals surface area (Å²) in [5, 5.41) is 9.10. The molecule has 1 heterocycles. The van der Waals surface area contributed by atoms with Gasteiger partial charge in [-0.15, -0.1) is 0 Å². The van der Waals surface area contributed by atoms with E-state index in [1.165, 1.54) is 16.7 Å². The van der Waals surface area contributed by atoms with Crippen LogP contribution in [0.25, 0.3) is 11.3 Å². The molecule has 19 heavy (non-hydrogen) atoms. The zero-order valence-corrected chi connectivity index (χ0v) is 10.7. The largest absolute Gasteiger partial charge is 0.508 e. The summed E-state index contributed by atoms with van der Waals surface area (Å²) in [6, 6.07) is 4.23. The van der Waals surface area contributed by atoms with Crippen LogP contribution in [0.1, 0.15) is 6.92 Å². The van der Waals surface area contributed by atoms with Crippen molar-refractivity contribution in [3.05, 3.63) is 51.3 Å².